The monoisotopic (exact) mass is 641 g/mol. The van der Waals surface area contributed by atoms with Crippen molar-refractivity contribution < 1.29 is 8.83 Å². The Morgan fingerprint density at radius 2 is 0.800 bits per heavy atom. The van der Waals surface area contributed by atoms with Crippen molar-refractivity contribution >= 4 is 43.9 Å². The average molecular weight is 642 g/mol. The molecule has 0 radical (unpaired) electrons. The molecule has 0 spiro atoms. The maximum Gasteiger partial charge on any atom is 0.164 e. The highest BCUT2D eigenvalue weighted by atomic mass is 16.3. The second kappa shape index (κ2) is 11.4. The lowest BCUT2D eigenvalue weighted by Crippen LogP contribution is -2.00. The van der Waals surface area contributed by atoms with Crippen molar-refractivity contribution in [3.05, 3.63) is 164 Å². The molecule has 0 aliphatic rings. The number of hydrogen-bond donors (Lipinski definition) is 0. The van der Waals surface area contributed by atoms with Crippen LogP contribution < -0.4 is 0 Å². The Bertz CT molecular complexity index is 2870. The highest BCUT2D eigenvalue weighted by molar-refractivity contribution is 6.11. The third-order valence-corrected chi connectivity index (χ3v) is 9.36. The highest BCUT2D eigenvalue weighted by Gasteiger charge is 2.18. The fourth-order valence-corrected chi connectivity index (χ4v) is 6.90. The molecule has 5 nitrogen and oxygen atoms in total. The van der Waals surface area contributed by atoms with E-state index in [2.05, 4.69) is 84.9 Å². The van der Waals surface area contributed by atoms with Crippen molar-refractivity contribution in [2.45, 2.75) is 0 Å². The summed E-state index contributed by atoms with van der Waals surface area (Å²) in [5, 5.41) is 4.29. The lowest BCUT2D eigenvalue weighted by Gasteiger charge is -2.10. The molecule has 0 amide bonds. The number of hydrogen-bond acceptors (Lipinski definition) is 5. The van der Waals surface area contributed by atoms with Crippen LogP contribution in [-0.2, 0) is 0 Å². The van der Waals surface area contributed by atoms with Crippen LogP contribution in [0.4, 0.5) is 0 Å². The van der Waals surface area contributed by atoms with E-state index in [1.165, 1.54) is 0 Å². The Morgan fingerprint density at radius 1 is 0.300 bits per heavy atom. The number of benzene rings is 7. The first-order valence-electron chi connectivity index (χ1n) is 16.6. The average Bonchev–Trinajstić information content (AvgIpc) is 3.76. The fraction of sp³-hybridized carbons (Fsp3) is 0. The van der Waals surface area contributed by atoms with Gasteiger partial charge in [-0.3, -0.25) is 0 Å². The molecular formula is C45H27N3O2. The van der Waals surface area contributed by atoms with Crippen LogP contribution in [0.3, 0.4) is 0 Å². The zero-order valence-corrected chi connectivity index (χ0v) is 26.7. The molecule has 3 heterocycles. The maximum absolute atomic E-state index is 6.19. The van der Waals surface area contributed by atoms with Gasteiger partial charge < -0.3 is 8.83 Å². The molecule has 5 heteroatoms. The van der Waals surface area contributed by atoms with Gasteiger partial charge in [-0.05, 0) is 58.7 Å². The molecule has 234 valence electrons. The van der Waals surface area contributed by atoms with E-state index in [4.69, 9.17) is 23.8 Å². The van der Waals surface area contributed by atoms with Crippen LogP contribution in [0.5, 0.6) is 0 Å². The number of nitrogens with zero attached hydrogens (tertiary/aromatic N) is 3. The first-order chi connectivity index (χ1) is 24.7. The second-order valence-corrected chi connectivity index (χ2v) is 12.4. The van der Waals surface area contributed by atoms with E-state index in [-0.39, 0.29) is 0 Å². The van der Waals surface area contributed by atoms with Crippen molar-refractivity contribution in [1.82, 2.24) is 15.0 Å². The molecule has 0 unspecified atom stereocenters. The van der Waals surface area contributed by atoms with Gasteiger partial charge in [-0.1, -0.05) is 127 Å². The molecule has 0 fully saturated rings. The maximum atomic E-state index is 6.19. The van der Waals surface area contributed by atoms with Crippen LogP contribution in [0.15, 0.2) is 173 Å². The van der Waals surface area contributed by atoms with E-state index < -0.39 is 0 Å². The van der Waals surface area contributed by atoms with Crippen LogP contribution in [0.1, 0.15) is 0 Å². The van der Waals surface area contributed by atoms with Crippen LogP contribution in [-0.4, -0.2) is 15.0 Å². The first kappa shape index (κ1) is 28.2. The molecule has 3 aromatic heterocycles. The standard InChI is InChI=1S/C45H27N3O2/c1-2-10-29(11-3-1)43-46-44(48-45(47-43)37-16-9-19-40-42(37)36-15-5-7-18-39(36)49-40)30-22-20-28(21-23-30)31-12-8-13-32(26-31)33-24-25-35-34-14-4-6-17-38(34)50-41(35)27-33/h1-27H. The van der Waals surface area contributed by atoms with Crippen LogP contribution in [0.2, 0.25) is 0 Å². The molecule has 0 aliphatic carbocycles. The highest BCUT2D eigenvalue weighted by Crippen LogP contribution is 2.37. The summed E-state index contributed by atoms with van der Waals surface area (Å²) >= 11 is 0. The number of para-hydroxylation sites is 2. The zero-order valence-electron chi connectivity index (χ0n) is 26.7. The van der Waals surface area contributed by atoms with Gasteiger partial charge >= 0.3 is 0 Å². The predicted molar refractivity (Wildman–Crippen MR) is 202 cm³/mol. The molecule has 0 aliphatic heterocycles. The zero-order chi connectivity index (χ0) is 33.0. The summed E-state index contributed by atoms with van der Waals surface area (Å²) in [6, 6.07) is 55.8. The Morgan fingerprint density at radius 3 is 1.60 bits per heavy atom. The van der Waals surface area contributed by atoms with Crippen molar-refractivity contribution in [1.29, 1.82) is 0 Å². The minimum atomic E-state index is 0.601. The number of furan rings is 2. The largest absolute Gasteiger partial charge is 0.456 e. The number of rotatable bonds is 5. The van der Waals surface area contributed by atoms with E-state index in [1.54, 1.807) is 0 Å². The topological polar surface area (TPSA) is 65.0 Å². The van der Waals surface area contributed by atoms with E-state index in [9.17, 15) is 0 Å². The first-order valence-corrected chi connectivity index (χ1v) is 16.6. The Hall–Kier alpha value is -6.85. The van der Waals surface area contributed by atoms with Crippen LogP contribution in [0, 0.1) is 0 Å². The van der Waals surface area contributed by atoms with Gasteiger partial charge in [0.15, 0.2) is 17.5 Å². The van der Waals surface area contributed by atoms with Gasteiger partial charge in [-0.15, -0.1) is 0 Å². The molecule has 7 aromatic carbocycles. The summed E-state index contributed by atoms with van der Waals surface area (Å²) in [4.78, 5) is 15.0. The molecular weight excluding hydrogens is 615 g/mol. The van der Waals surface area contributed by atoms with Gasteiger partial charge in [0, 0.05) is 38.2 Å². The van der Waals surface area contributed by atoms with Crippen LogP contribution in [0.25, 0.3) is 100 Å². The van der Waals surface area contributed by atoms with Crippen molar-refractivity contribution in [2.24, 2.45) is 0 Å². The minimum Gasteiger partial charge on any atom is -0.456 e. The van der Waals surface area contributed by atoms with Crippen molar-refractivity contribution in [3.8, 4) is 56.4 Å². The summed E-state index contributed by atoms with van der Waals surface area (Å²) in [5.41, 5.74) is 10.6. The minimum absolute atomic E-state index is 0.601. The number of fused-ring (bicyclic) bond motifs is 6. The van der Waals surface area contributed by atoms with Gasteiger partial charge in [0.25, 0.3) is 0 Å². The van der Waals surface area contributed by atoms with E-state index in [0.717, 1.165) is 82.8 Å². The lowest BCUT2D eigenvalue weighted by molar-refractivity contribution is 0.668. The van der Waals surface area contributed by atoms with Crippen LogP contribution >= 0.6 is 0 Å². The predicted octanol–water partition coefficient (Wildman–Crippen LogP) is 12.0. The fourth-order valence-electron chi connectivity index (χ4n) is 6.90. The van der Waals surface area contributed by atoms with Crippen molar-refractivity contribution in [2.75, 3.05) is 0 Å². The smallest absolute Gasteiger partial charge is 0.164 e. The van der Waals surface area contributed by atoms with Gasteiger partial charge in [-0.25, -0.2) is 15.0 Å². The molecule has 50 heavy (non-hydrogen) atoms. The van der Waals surface area contributed by atoms with E-state index in [1.807, 2.05) is 78.9 Å². The molecule has 0 bridgehead atoms. The van der Waals surface area contributed by atoms with E-state index >= 15 is 0 Å². The lowest BCUT2D eigenvalue weighted by atomic mass is 9.97. The molecule has 0 N–H and O–H groups in total. The van der Waals surface area contributed by atoms with Gasteiger partial charge in [-0.2, -0.15) is 0 Å². The molecule has 0 saturated heterocycles. The summed E-state index contributed by atoms with van der Waals surface area (Å²) in [7, 11) is 0. The second-order valence-electron chi connectivity index (χ2n) is 12.4. The van der Waals surface area contributed by atoms with Gasteiger partial charge in [0.2, 0.25) is 0 Å². The molecule has 0 saturated carbocycles. The van der Waals surface area contributed by atoms with Gasteiger partial charge in [0.05, 0.1) is 0 Å². The van der Waals surface area contributed by atoms with Gasteiger partial charge in [0.1, 0.15) is 22.3 Å². The molecule has 10 aromatic rings. The summed E-state index contributed by atoms with van der Waals surface area (Å²) in [6.07, 6.45) is 0. The Labute approximate surface area is 287 Å². The Balaban J connectivity index is 1.04. The third-order valence-electron chi connectivity index (χ3n) is 9.36. The van der Waals surface area contributed by atoms with E-state index in [0.29, 0.717) is 17.5 Å². The quantitative estimate of drug-likeness (QED) is 0.187. The van der Waals surface area contributed by atoms with Crippen molar-refractivity contribution in [3.63, 3.8) is 0 Å². The summed E-state index contributed by atoms with van der Waals surface area (Å²) < 4.78 is 12.4. The third kappa shape index (κ3) is 4.75. The normalized spacial score (nSPS) is 11.6. The number of aromatic nitrogens is 3. The summed E-state index contributed by atoms with van der Waals surface area (Å²) in [6.45, 7) is 0. The molecule has 10 rings (SSSR count). The summed E-state index contributed by atoms with van der Waals surface area (Å²) in [5.74, 6) is 1.83. The Kier molecular flexibility index (Phi) is 6.42. The molecule has 0 atom stereocenters. The SMILES string of the molecule is c1ccc(-c2nc(-c3ccc(-c4cccc(-c5ccc6c(c5)oc5ccccc56)c4)cc3)nc(-c3cccc4oc5ccccc5c34)n2)cc1.